The summed E-state index contributed by atoms with van der Waals surface area (Å²) in [6.45, 7) is 11.6. The van der Waals surface area contributed by atoms with Gasteiger partial charge in [0, 0.05) is 44.3 Å². The minimum atomic E-state index is 0.861. The van der Waals surface area contributed by atoms with Gasteiger partial charge in [-0.3, -0.25) is 4.90 Å². The van der Waals surface area contributed by atoms with Crippen LogP contribution < -0.4 is 5.32 Å². The Morgan fingerprint density at radius 3 is 2.41 bits per heavy atom. The monoisotopic (exact) mass is 321 g/mol. The van der Waals surface area contributed by atoms with Crippen molar-refractivity contribution in [1.29, 1.82) is 0 Å². The molecule has 4 heteroatoms. The van der Waals surface area contributed by atoms with Crippen molar-refractivity contribution in [3.63, 3.8) is 0 Å². The number of nitrogens with one attached hydrogen (secondary N) is 1. The van der Waals surface area contributed by atoms with E-state index in [9.17, 15) is 0 Å². The van der Waals surface area contributed by atoms with Crippen LogP contribution in [0.5, 0.6) is 0 Å². The highest BCUT2D eigenvalue weighted by Crippen LogP contribution is 2.18. The number of nitrogens with zero attached hydrogens (tertiary/aromatic N) is 2. The van der Waals surface area contributed by atoms with Gasteiger partial charge < -0.3 is 10.2 Å². The first kappa shape index (κ1) is 16.3. The molecule has 2 heterocycles. The van der Waals surface area contributed by atoms with Crippen molar-refractivity contribution in [3.8, 4) is 0 Å². The Morgan fingerprint density at radius 1 is 1.05 bits per heavy atom. The molecule has 0 amide bonds. The Morgan fingerprint density at radius 2 is 1.73 bits per heavy atom. The van der Waals surface area contributed by atoms with Crippen molar-refractivity contribution in [1.82, 2.24) is 15.1 Å². The molecule has 0 unspecified atom stereocenters. The topological polar surface area (TPSA) is 18.5 Å². The second kappa shape index (κ2) is 7.78. The summed E-state index contributed by atoms with van der Waals surface area (Å²) in [7, 11) is 0. The van der Waals surface area contributed by atoms with Crippen LogP contribution in [0.4, 0.5) is 0 Å². The predicted molar refractivity (Wildman–Crippen MR) is 93.5 cm³/mol. The van der Waals surface area contributed by atoms with Gasteiger partial charge in [0.25, 0.3) is 0 Å². The Balaban J connectivity index is 1.45. The van der Waals surface area contributed by atoms with Crippen LogP contribution in [0.2, 0.25) is 5.02 Å². The van der Waals surface area contributed by atoms with E-state index in [4.69, 9.17) is 11.6 Å². The molecule has 3 rings (SSSR count). The van der Waals surface area contributed by atoms with Gasteiger partial charge in [-0.25, -0.2) is 0 Å². The molecule has 0 spiro atoms. The van der Waals surface area contributed by atoms with Gasteiger partial charge >= 0.3 is 0 Å². The standard InChI is InChI=1S/C18H28ClN3/c1-15-10-17(12-18(19)11-15)14-22-8-6-21(7-9-22)13-16-2-4-20-5-3-16/h10-12,16,20H,2-9,13-14H2,1H3. The van der Waals surface area contributed by atoms with Gasteiger partial charge in [0.05, 0.1) is 0 Å². The molecule has 2 aliphatic rings. The van der Waals surface area contributed by atoms with E-state index in [1.807, 2.05) is 6.07 Å². The molecule has 2 aliphatic heterocycles. The summed E-state index contributed by atoms with van der Waals surface area (Å²) in [5.74, 6) is 0.906. The summed E-state index contributed by atoms with van der Waals surface area (Å²) < 4.78 is 0. The number of aryl methyl sites for hydroxylation is 1. The zero-order valence-electron chi connectivity index (χ0n) is 13.7. The number of rotatable bonds is 4. The maximum Gasteiger partial charge on any atom is 0.0411 e. The van der Waals surface area contributed by atoms with E-state index in [0.717, 1.165) is 17.5 Å². The fraction of sp³-hybridized carbons (Fsp3) is 0.667. The zero-order valence-corrected chi connectivity index (χ0v) is 14.4. The number of benzene rings is 1. The molecule has 0 aliphatic carbocycles. The average Bonchev–Trinajstić information content (AvgIpc) is 2.49. The highest BCUT2D eigenvalue weighted by Gasteiger charge is 2.21. The van der Waals surface area contributed by atoms with Crippen LogP contribution in [0, 0.1) is 12.8 Å². The third-order valence-corrected chi connectivity index (χ3v) is 5.17. The van der Waals surface area contributed by atoms with Crippen LogP contribution in [-0.2, 0) is 6.54 Å². The lowest BCUT2D eigenvalue weighted by atomic mass is 9.97. The van der Waals surface area contributed by atoms with E-state index in [1.54, 1.807) is 0 Å². The lowest BCUT2D eigenvalue weighted by Crippen LogP contribution is -2.48. The Bertz CT molecular complexity index is 457. The minimum Gasteiger partial charge on any atom is -0.317 e. The van der Waals surface area contributed by atoms with E-state index < -0.39 is 0 Å². The maximum absolute atomic E-state index is 6.17. The maximum atomic E-state index is 6.17. The summed E-state index contributed by atoms with van der Waals surface area (Å²) in [6, 6.07) is 6.39. The van der Waals surface area contributed by atoms with Crippen molar-refractivity contribution in [2.75, 3.05) is 45.8 Å². The molecule has 122 valence electrons. The molecule has 2 fully saturated rings. The van der Waals surface area contributed by atoms with Gasteiger partial charge in [-0.05, 0) is 62.0 Å². The normalized spacial score (nSPS) is 22.1. The minimum absolute atomic E-state index is 0.861. The predicted octanol–water partition coefficient (Wildman–Crippen LogP) is 2.77. The Kier molecular flexibility index (Phi) is 5.75. The van der Waals surface area contributed by atoms with E-state index in [2.05, 4.69) is 34.2 Å². The second-order valence-corrected chi connectivity index (χ2v) is 7.34. The Labute approximate surface area is 139 Å². The van der Waals surface area contributed by atoms with Crippen LogP contribution in [0.15, 0.2) is 18.2 Å². The van der Waals surface area contributed by atoms with Crippen LogP contribution in [-0.4, -0.2) is 55.6 Å². The smallest absolute Gasteiger partial charge is 0.0411 e. The molecule has 1 N–H and O–H groups in total. The number of hydrogen-bond acceptors (Lipinski definition) is 3. The lowest BCUT2D eigenvalue weighted by molar-refractivity contribution is 0.107. The molecule has 0 radical (unpaired) electrons. The molecule has 2 saturated heterocycles. The van der Waals surface area contributed by atoms with Crippen molar-refractivity contribution in [2.24, 2.45) is 5.92 Å². The number of piperazine rings is 1. The van der Waals surface area contributed by atoms with E-state index in [1.165, 1.54) is 69.8 Å². The van der Waals surface area contributed by atoms with Gasteiger partial charge in [0.15, 0.2) is 0 Å². The summed E-state index contributed by atoms with van der Waals surface area (Å²) in [6.07, 6.45) is 2.70. The summed E-state index contributed by atoms with van der Waals surface area (Å²) in [5.41, 5.74) is 2.60. The van der Waals surface area contributed by atoms with Gasteiger partial charge in [-0.1, -0.05) is 17.7 Å². The molecule has 0 bridgehead atoms. The largest absolute Gasteiger partial charge is 0.317 e. The quantitative estimate of drug-likeness (QED) is 0.920. The van der Waals surface area contributed by atoms with Crippen LogP contribution in [0.1, 0.15) is 24.0 Å². The fourth-order valence-corrected chi connectivity index (χ4v) is 4.03. The number of piperidine rings is 1. The van der Waals surface area contributed by atoms with E-state index in [-0.39, 0.29) is 0 Å². The van der Waals surface area contributed by atoms with Crippen LogP contribution in [0.25, 0.3) is 0 Å². The van der Waals surface area contributed by atoms with E-state index >= 15 is 0 Å². The van der Waals surface area contributed by atoms with Gasteiger partial charge in [0.2, 0.25) is 0 Å². The molecule has 1 aromatic rings. The fourth-order valence-electron chi connectivity index (χ4n) is 3.72. The van der Waals surface area contributed by atoms with Gasteiger partial charge in [0.1, 0.15) is 0 Å². The molecular formula is C18H28ClN3. The second-order valence-electron chi connectivity index (χ2n) is 6.91. The molecule has 22 heavy (non-hydrogen) atoms. The zero-order chi connectivity index (χ0) is 15.4. The first-order valence-corrected chi connectivity index (χ1v) is 8.98. The summed E-state index contributed by atoms with van der Waals surface area (Å²) in [4.78, 5) is 5.22. The molecular weight excluding hydrogens is 294 g/mol. The number of halogens is 1. The van der Waals surface area contributed by atoms with Crippen LogP contribution >= 0.6 is 11.6 Å². The van der Waals surface area contributed by atoms with Gasteiger partial charge in [-0.15, -0.1) is 0 Å². The highest BCUT2D eigenvalue weighted by atomic mass is 35.5. The van der Waals surface area contributed by atoms with Crippen LogP contribution in [0.3, 0.4) is 0 Å². The highest BCUT2D eigenvalue weighted by molar-refractivity contribution is 6.30. The Hall–Kier alpha value is -0.610. The van der Waals surface area contributed by atoms with Gasteiger partial charge in [-0.2, -0.15) is 0 Å². The van der Waals surface area contributed by atoms with Crippen molar-refractivity contribution in [2.45, 2.75) is 26.3 Å². The van der Waals surface area contributed by atoms with Crippen molar-refractivity contribution < 1.29 is 0 Å². The molecule has 0 saturated carbocycles. The first-order valence-electron chi connectivity index (χ1n) is 8.60. The average molecular weight is 322 g/mol. The SMILES string of the molecule is Cc1cc(Cl)cc(CN2CCN(CC3CCNCC3)CC2)c1. The molecule has 0 aromatic heterocycles. The number of hydrogen-bond donors (Lipinski definition) is 1. The molecule has 0 atom stereocenters. The van der Waals surface area contributed by atoms with E-state index in [0.29, 0.717) is 0 Å². The third-order valence-electron chi connectivity index (χ3n) is 4.95. The third kappa shape index (κ3) is 4.69. The molecule has 1 aromatic carbocycles. The van der Waals surface area contributed by atoms with Crippen molar-refractivity contribution >= 4 is 11.6 Å². The summed E-state index contributed by atoms with van der Waals surface area (Å²) in [5, 5.41) is 4.32. The lowest BCUT2D eigenvalue weighted by Gasteiger charge is -2.37. The van der Waals surface area contributed by atoms with Crippen molar-refractivity contribution in [3.05, 3.63) is 34.3 Å². The first-order chi connectivity index (χ1) is 10.7. The molecule has 3 nitrogen and oxygen atoms in total. The summed E-state index contributed by atoms with van der Waals surface area (Å²) >= 11 is 6.17.